The number of H-pyrrole nitrogens is 1. The van der Waals surface area contributed by atoms with Crippen LogP contribution in [0.2, 0.25) is 0 Å². The summed E-state index contributed by atoms with van der Waals surface area (Å²) in [6, 6.07) is 15.8. The second-order valence-electron chi connectivity index (χ2n) is 5.31. The van der Waals surface area contributed by atoms with E-state index >= 15 is 0 Å². The van der Waals surface area contributed by atoms with Crippen molar-refractivity contribution in [3.8, 4) is 5.88 Å². The Labute approximate surface area is 133 Å². The van der Waals surface area contributed by atoms with Crippen molar-refractivity contribution in [2.75, 3.05) is 0 Å². The Morgan fingerprint density at radius 1 is 0.913 bits per heavy atom. The summed E-state index contributed by atoms with van der Waals surface area (Å²) in [5.74, 6) is 2.17. The quantitative estimate of drug-likeness (QED) is 0.625. The maximum atomic E-state index is 5.93. The van der Waals surface area contributed by atoms with Crippen molar-refractivity contribution < 1.29 is 4.74 Å². The molecule has 4 aromatic rings. The van der Waals surface area contributed by atoms with E-state index in [0.717, 1.165) is 40.0 Å². The van der Waals surface area contributed by atoms with Crippen LogP contribution in [0.5, 0.6) is 5.88 Å². The minimum absolute atomic E-state index is 0.346. The van der Waals surface area contributed by atoms with Gasteiger partial charge in [0.2, 0.25) is 5.88 Å². The van der Waals surface area contributed by atoms with E-state index in [1.165, 1.54) is 0 Å². The van der Waals surface area contributed by atoms with E-state index in [9.17, 15) is 0 Å². The first-order valence-electron chi connectivity index (χ1n) is 7.65. The average Bonchev–Trinajstić information content (AvgIpc) is 3.02. The van der Waals surface area contributed by atoms with Crippen molar-refractivity contribution in [2.45, 2.75) is 20.0 Å². The first-order chi connectivity index (χ1) is 11.3. The number of nitrogens with zero attached hydrogens (tertiary/aromatic N) is 3. The van der Waals surface area contributed by atoms with Crippen LogP contribution in [-0.4, -0.2) is 19.9 Å². The molecule has 0 aliphatic rings. The number of para-hydroxylation sites is 3. The number of aromatic amines is 1. The van der Waals surface area contributed by atoms with Gasteiger partial charge in [0.05, 0.1) is 21.9 Å². The smallest absolute Gasteiger partial charge is 0.225 e. The Bertz CT molecular complexity index is 944. The highest BCUT2D eigenvalue weighted by Crippen LogP contribution is 2.23. The summed E-state index contributed by atoms with van der Waals surface area (Å²) in [6.45, 7) is 2.38. The highest BCUT2D eigenvalue weighted by molar-refractivity contribution is 5.83. The van der Waals surface area contributed by atoms with E-state index in [1.54, 1.807) is 0 Å². The Morgan fingerprint density at radius 3 is 2.52 bits per heavy atom. The zero-order valence-corrected chi connectivity index (χ0v) is 12.8. The molecular weight excluding hydrogens is 288 g/mol. The highest BCUT2D eigenvalue weighted by atomic mass is 16.5. The van der Waals surface area contributed by atoms with E-state index in [4.69, 9.17) is 4.74 Å². The van der Waals surface area contributed by atoms with Crippen molar-refractivity contribution in [3.05, 3.63) is 60.2 Å². The van der Waals surface area contributed by atoms with Crippen LogP contribution in [0.15, 0.2) is 48.5 Å². The van der Waals surface area contributed by atoms with Gasteiger partial charge >= 0.3 is 0 Å². The van der Waals surface area contributed by atoms with Crippen molar-refractivity contribution in [1.82, 2.24) is 19.9 Å². The maximum absolute atomic E-state index is 5.93. The molecule has 0 saturated heterocycles. The molecule has 5 heteroatoms. The van der Waals surface area contributed by atoms with Crippen LogP contribution in [-0.2, 0) is 13.0 Å². The Morgan fingerprint density at radius 2 is 1.70 bits per heavy atom. The van der Waals surface area contributed by atoms with Gasteiger partial charge in [-0.1, -0.05) is 31.2 Å². The summed E-state index contributed by atoms with van der Waals surface area (Å²) in [4.78, 5) is 16.8. The third-order valence-corrected chi connectivity index (χ3v) is 3.71. The van der Waals surface area contributed by atoms with Gasteiger partial charge < -0.3 is 9.72 Å². The predicted molar refractivity (Wildman–Crippen MR) is 89.3 cm³/mol. The standard InChI is InChI=1S/C18H16N4O/c1-2-16-19-13-8-4-3-7-12(13)18(22-16)23-11-17-20-14-9-5-6-10-15(14)21-17/h3-10H,2,11H2,1H3,(H,20,21). The maximum Gasteiger partial charge on any atom is 0.225 e. The summed E-state index contributed by atoms with van der Waals surface area (Å²) in [6.07, 6.45) is 0.770. The van der Waals surface area contributed by atoms with E-state index in [2.05, 4.69) is 19.9 Å². The molecule has 4 rings (SSSR count). The van der Waals surface area contributed by atoms with Crippen molar-refractivity contribution in [3.63, 3.8) is 0 Å². The summed E-state index contributed by atoms with van der Waals surface area (Å²) in [7, 11) is 0. The summed E-state index contributed by atoms with van der Waals surface area (Å²) in [5, 5.41) is 0.917. The van der Waals surface area contributed by atoms with E-state index in [0.29, 0.717) is 12.5 Å². The summed E-state index contributed by atoms with van der Waals surface area (Å²) in [5.41, 5.74) is 2.85. The number of nitrogens with one attached hydrogen (secondary N) is 1. The van der Waals surface area contributed by atoms with Crippen molar-refractivity contribution in [2.24, 2.45) is 0 Å². The van der Waals surface area contributed by atoms with Gasteiger partial charge in [0.1, 0.15) is 18.3 Å². The van der Waals surface area contributed by atoms with Crippen LogP contribution in [0.25, 0.3) is 21.9 Å². The second-order valence-corrected chi connectivity index (χ2v) is 5.31. The molecule has 2 aromatic carbocycles. The molecule has 0 amide bonds. The highest BCUT2D eigenvalue weighted by Gasteiger charge is 2.09. The zero-order valence-electron chi connectivity index (χ0n) is 12.8. The molecule has 0 bridgehead atoms. The third kappa shape index (κ3) is 2.61. The number of hydrogen-bond acceptors (Lipinski definition) is 4. The molecule has 114 valence electrons. The lowest BCUT2D eigenvalue weighted by molar-refractivity contribution is 0.288. The van der Waals surface area contributed by atoms with Gasteiger partial charge in [0.15, 0.2) is 0 Å². The monoisotopic (exact) mass is 304 g/mol. The van der Waals surface area contributed by atoms with Crippen LogP contribution in [0.3, 0.4) is 0 Å². The van der Waals surface area contributed by atoms with E-state index in [1.807, 2.05) is 55.5 Å². The molecule has 23 heavy (non-hydrogen) atoms. The lowest BCUT2D eigenvalue weighted by atomic mass is 10.2. The number of ether oxygens (including phenoxy) is 1. The first kappa shape index (κ1) is 13.7. The largest absolute Gasteiger partial charge is 0.469 e. The van der Waals surface area contributed by atoms with E-state index in [-0.39, 0.29) is 0 Å². The van der Waals surface area contributed by atoms with Crippen LogP contribution in [0.4, 0.5) is 0 Å². The number of aryl methyl sites for hydroxylation is 1. The van der Waals surface area contributed by atoms with Crippen LogP contribution in [0, 0.1) is 0 Å². The molecular formula is C18H16N4O. The molecule has 1 N–H and O–H groups in total. The predicted octanol–water partition coefficient (Wildman–Crippen LogP) is 3.65. The van der Waals surface area contributed by atoms with Crippen molar-refractivity contribution >= 4 is 21.9 Å². The van der Waals surface area contributed by atoms with Gasteiger partial charge in [-0.3, -0.25) is 0 Å². The van der Waals surface area contributed by atoms with Crippen LogP contribution >= 0.6 is 0 Å². The summed E-state index contributed by atoms with van der Waals surface area (Å²) >= 11 is 0. The van der Waals surface area contributed by atoms with Crippen LogP contribution < -0.4 is 4.74 Å². The first-order valence-corrected chi connectivity index (χ1v) is 7.65. The van der Waals surface area contributed by atoms with Gasteiger partial charge in [-0.2, -0.15) is 4.98 Å². The Balaban J connectivity index is 1.66. The minimum atomic E-state index is 0.346. The molecule has 5 nitrogen and oxygen atoms in total. The van der Waals surface area contributed by atoms with Gasteiger partial charge in [-0.15, -0.1) is 0 Å². The number of imidazole rings is 1. The number of aromatic nitrogens is 4. The molecule has 0 aliphatic carbocycles. The van der Waals surface area contributed by atoms with Gasteiger partial charge in [0.25, 0.3) is 0 Å². The average molecular weight is 304 g/mol. The van der Waals surface area contributed by atoms with E-state index < -0.39 is 0 Å². The number of benzene rings is 2. The number of fused-ring (bicyclic) bond motifs is 2. The SMILES string of the molecule is CCc1nc(OCc2nc3ccccc3[nH]2)c2ccccc2n1. The van der Waals surface area contributed by atoms with Gasteiger partial charge in [-0.25, -0.2) is 9.97 Å². The normalized spacial score (nSPS) is 11.2. The third-order valence-electron chi connectivity index (χ3n) is 3.71. The fourth-order valence-corrected chi connectivity index (χ4v) is 2.57. The van der Waals surface area contributed by atoms with Crippen LogP contribution in [0.1, 0.15) is 18.6 Å². The molecule has 0 atom stereocenters. The molecule has 0 fully saturated rings. The number of hydrogen-bond donors (Lipinski definition) is 1. The molecule has 0 radical (unpaired) electrons. The Kier molecular flexibility index (Phi) is 3.38. The van der Waals surface area contributed by atoms with Gasteiger partial charge in [0, 0.05) is 6.42 Å². The lowest BCUT2D eigenvalue weighted by Gasteiger charge is -2.08. The molecule has 2 aromatic heterocycles. The lowest BCUT2D eigenvalue weighted by Crippen LogP contribution is -2.03. The molecule has 2 heterocycles. The molecule has 0 saturated carbocycles. The zero-order chi connectivity index (χ0) is 15.6. The minimum Gasteiger partial charge on any atom is -0.469 e. The van der Waals surface area contributed by atoms with Crippen molar-refractivity contribution in [1.29, 1.82) is 0 Å². The topological polar surface area (TPSA) is 63.7 Å². The second kappa shape index (κ2) is 5.68. The fraction of sp³-hybridized carbons (Fsp3) is 0.167. The molecule has 0 unspecified atom stereocenters. The molecule has 0 spiro atoms. The van der Waals surface area contributed by atoms with Gasteiger partial charge in [-0.05, 0) is 24.3 Å². The number of rotatable bonds is 4. The molecule has 0 aliphatic heterocycles. The fourth-order valence-electron chi connectivity index (χ4n) is 2.57. The Hall–Kier alpha value is -2.95. The summed E-state index contributed by atoms with van der Waals surface area (Å²) < 4.78 is 5.93.